The zero-order valence-electron chi connectivity index (χ0n) is 11.3. The third-order valence-electron chi connectivity index (χ3n) is 3.29. The summed E-state index contributed by atoms with van der Waals surface area (Å²) < 4.78 is 0.259. The van der Waals surface area contributed by atoms with Gasteiger partial charge in [-0.25, -0.2) is 4.98 Å². The molecule has 0 aliphatic carbocycles. The van der Waals surface area contributed by atoms with Crippen molar-refractivity contribution in [2.75, 3.05) is 29.5 Å². The summed E-state index contributed by atoms with van der Waals surface area (Å²) in [6.45, 7) is 6.22. The molecule has 1 aliphatic heterocycles. The van der Waals surface area contributed by atoms with Crippen LogP contribution in [-0.2, 0) is 0 Å². The number of carbonyl (C=O) groups excluding carboxylic acids is 1. The van der Waals surface area contributed by atoms with Gasteiger partial charge in [-0.05, 0) is 12.5 Å². The van der Waals surface area contributed by atoms with E-state index in [2.05, 4.69) is 23.7 Å². The summed E-state index contributed by atoms with van der Waals surface area (Å²) in [4.78, 5) is 18.0. The maximum Gasteiger partial charge on any atom is 0.252 e. The van der Waals surface area contributed by atoms with E-state index < -0.39 is 5.91 Å². The van der Waals surface area contributed by atoms with Gasteiger partial charge in [0.25, 0.3) is 5.91 Å². The summed E-state index contributed by atoms with van der Waals surface area (Å²) in [5.41, 5.74) is 12.0. The second-order valence-corrected chi connectivity index (χ2v) is 7.15. The minimum Gasteiger partial charge on any atom is -0.397 e. The molecular weight excluding hydrogens is 260 g/mol. The van der Waals surface area contributed by atoms with Crippen molar-refractivity contribution in [1.29, 1.82) is 0 Å². The maximum absolute atomic E-state index is 11.5. The van der Waals surface area contributed by atoms with Crippen LogP contribution >= 0.6 is 11.8 Å². The van der Waals surface area contributed by atoms with Crippen LogP contribution in [0.5, 0.6) is 0 Å². The molecule has 1 saturated heterocycles. The molecule has 1 aliphatic rings. The van der Waals surface area contributed by atoms with E-state index in [1.807, 2.05) is 11.8 Å². The monoisotopic (exact) mass is 280 g/mol. The number of pyridine rings is 1. The molecule has 0 atom stereocenters. The minimum atomic E-state index is -0.481. The minimum absolute atomic E-state index is 0.259. The fourth-order valence-corrected chi connectivity index (χ4v) is 3.24. The molecule has 0 unspecified atom stereocenters. The Labute approximate surface area is 117 Å². The molecule has 1 fully saturated rings. The van der Waals surface area contributed by atoms with Gasteiger partial charge < -0.3 is 16.4 Å². The zero-order valence-corrected chi connectivity index (χ0v) is 12.2. The van der Waals surface area contributed by atoms with E-state index in [0.29, 0.717) is 17.1 Å². The Morgan fingerprint density at radius 2 is 2.21 bits per heavy atom. The molecule has 19 heavy (non-hydrogen) atoms. The number of carbonyl (C=O) groups is 1. The predicted molar refractivity (Wildman–Crippen MR) is 80.5 cm³/mol. The number of amides is 1. The molecule has 1 aromatic heterocycles. The average Bonchev–Trinajstić information content (AvgIpc) is 2.50. The van der Waals surface area contributed by atoms with Gasteiger partial charge in [-0.3, -0.25) is 4.79 Å². The Kier molecular flexibility index (Phi) is 3.89. The summed E-state index contributed by atoms with van der Waals surface area (Å²) >= 11 is 1.95. The fraction of sp³-hybridized carbons (Fsp3) is 0.538. The summed E-state index contributed by atoms with van der Waals surface area (Å²) in [6, 6.07) is 1.61. The number of hydrogen-bond donors (Lipinski definition) is 2. The lowest BCUT2D eigenvalue weighted by Gasteiger charge is -2.24. The van der Waals surface area contributed by atoms with Gasteiger partial charge >= 0.3 is 0 Å². The molecule has 104 valence electrons. The highest BCUT2D eigenvalue weighted by Gasteiger charge is 2.26. The van der Waals surface area contributed by atoms with Crippen molar-refractivity contribution in [2.24, 2.45) is 5.73 Å². The van der Waals surface area contributed by atoms with E-state index in [1.54, 1.807) is 12.3 Å². The van der Waals surface area contributed by atoms with Crippen LogP contribution in [0, 0.1) is 0 Å². The van der Waals surface area contributed by atoms with E-state index in [9.17, 15) is 4.79 Å². The van der Waals surface area contributed by atoms with Gasteiger partial charge in [-0.1, -0.05) is 13.8 Å². The van der Waals surface area contributed by atoms with Crippen molar-refractivity contribution < 1.29 is 4.79 Å². The van der Waals surface area contributed by atoms with E-state index in [4.69, 9.17) is 11.5 Å². The van der Waals surface area contributed by atoms with Crippen molar-refractivity contribution in [3.05, 3.63) is 17.8 Å². The van der Waals surface area contributed by atoms with Gasteiger partial charge in [-0.2, -0.15) is 11.8 Å². The third-order valence-corrected chi connectivity index (χ3v) is 4.66. The molecule has 4 N–H and O–H groups in total. The van der Waals surface area contributed by atoms with Gasteiger partial charge in [-0.15, -0.1) is 0 Å². The molecular formula is C13H20N4OS. The zero-order chi connectivity index (χ0) is 14.0. The van der Waals surface area contributed by atoms with Crippen LogP contribution in [0.4, 0.5) is 11.5 Å². The number of nitrogens with zero attached hydrogens (tertiary/aromatic N) is 2. The molecule has 2 heterocycles. The number of aromatic nitrogens is 1. The van der Waals surface area contributed by atoms with Crippen molar-refractivity contribution in [1.82, 2.24) is 4.98 Å². The highest BCUT2D eigenvalue weighted by atomic mass is 32.2. The standard InChI is InChI=1S/C13H20N4OS/c1-13(2)3-4-17(5-6-19-13)12-10(11(15)18)7-9(14)8-16-12/h7-8H,3-6,14H2,1-2H3,(H2,15,18). The molecule has 5 nitrogen and oxygen atoms in total. The first-order valence-corrected chi connectivity index (χ1v) is 7.32. The van der Waals surface area contributed by atoms with Gasteiger partial charge in [0, 0.05) is 23.6 Å². The quantitative estimate of drug-likeness (QED) is 0.857. The Hall–Kier alpha value is -1.43. The molecule has 0 bridgehead atoms. The average molecular weight is 280 g/mol. The smallest absolute Gasteiger partial charge is 0.252 e. The van der Waals surface area contributed by atoms with Gasteiger partial charge in [0.2, 0.25) is 0 Å². The van der Waals surface area contributed by atoms with Gasteiger partial charge in [0.05, 0.1) is 17.4 Å². The predicted octanol–water partition coefficient (Wildman–Crippen LogP) is 1.48. The largest absolute Gasteiger partial charge is 0.397 e. The van der Waals surface area contributed by atoms with Crippen LogP contribution in [0.1, 0.15) is 30.6 Å². The van der Waals surface area contributed by atoms with Crippen LogP contribution in [0.3, 0.4) is 0 Å². The highest BCUT2D eigenvalue weighted by molar-refractivity contribution is 8.00. The van der Waals surface area contributed by atoms with Crippen molar-refractivity contribution in [2.45, 2.75) is 25.0 Å². The number of nitrogens with two attached hydrogens (primary N) is 2. The molecule has 0 saturated carbocycles. The summed E-state index contributed by atoms with van der Waals surface area (Å²) in [7, 11) is 0. The normalized spacial score (nSPS) is 18.9. The number of nitrogen functional groups attached to an aromatic ring is 1. The topological polar surface area (TPSA) is 85.2 Å². The molecule has 2 rings (SSSR count). The molecule has 1 amide bonds. The van der Waals surface area contributed by atoms with E-state index in [0.717, 1.165) is 25.3 Å². The first-order valence-electron chi connectivity index (χ1n) is 6.33. The molecule has 6 heteroatoms. The van der Waals surface area contributed by atoms with Crippen LogP contribution in [0.15, 0.2) is 12.3 Å². The fourth-order valence-electron chi connectivity index (χ4n) is 2.14. The first kappa shape index (κ1) is 14.0. The highest BCUT2D eigenvalue weighted by Crippen LogP contribution is 2.32. The third kappa shape index (κ3) is 3.32. The molecule has 0 aromatic carbocycles. The Bertz CT molecular complexity index is 490. The molecule has 1 aromatic rings. The summed E-state index contributed by atoms with van der Waals surface area (Å²) in [5.74, 6) is 1.18. The summed E-state index contributed by atoms with van der Waals surface area (Å²) in [6.07, 6.45) is 2.62. The second kappa shape index (κ2) is 5.28. The SMILES string of the molecule is CC1(C)CCN(c2ncc(N)cc2C(N)=O)CCS1. The van der Waals surface area contributed by atoms with E-state index in [1.165, 1.54) is 0 Å². The van der Waals surface area contributed by atoms with Crippen molar-refractivity contribution in [3.8, 4) is 0 Å². The van der Waals surface area contributed by atoms with Crippen molar-refractivity contribution in [3.63, 3.8) is 0 Å². The molecule has 0 spiro atoms. The number of rotatable bonds is 2. The Morgan fingerprint density at radius 1 is 1.47 bits per heavy atom. The van der Waals surface area contributed by atoms with E-state index in [-0.39, 0.29) is 4.75 Å². The van der Waals surface area contributed by atoms with Crippen molar-refractivity contribution >= 4 is 29.2 Å². The lowest BCUT2D eigenvalue weighted by Crippen LogP contribution is -2.30. The number of primary amides is 1. The summed E-state index contributed by atoms with van der Waals surface area (Å²) in [5, 5.41) is 0. The first-order chi connectivity index (χ1) is 8.89. The van der Waals surface area contributed by atoms with Crippen LogP contribution in [0.2, 0.25) is 0 Å². The lowest BCUT2D eigenvalue weighted by molar-refractivity contribution is 0.100. The Balaban J connectivity index is 2.29. The number of thioether (sulfide) groups is 1. The maximum atomic E-state index is 11.5. The Morgan fingerprint density at radius 3 is 2.89 bits per heavy atom. The van der Waals surface area contributed by atoms with Crippen LogP contribution in [-0.4, -0.2) is 34.5 Å². The van der Waals surface area contributed by atoms with Gasteiger partial charge in [0.1, 0.15) is 5.82 Å². The van der Waals surface area contributed by atoms with Crippen LogP contribution in [0.25, 0.3) is 0 Å². The lowest BCUT2D eigenvalue weighted by atomic mass is 10.1. The second-order valence-electron chi connectivity index (χ2n) is 5.35. The number of hydrogen-bond acceptors (Lipinski definition) is 5. The number of anilines is 2. The van der Waals surface area contributed by atoms with Crippen LogP contribution < -0.4 is 16.4 Å². The van der Waals surface area contributed by atoms with E-state index >= 15 is 0 Å². The van der Waals surface area contributed by atoms with Gasteiger partial charge in [0.15, 0.2) is 0 Å². The molecule has 0 radical (unpaired) electrons.